The van der Waals surface area contributed by atoms with Crippen LogP contribution < -0.4 is 15.0 Å². The van der Waals surface area contributed by atoms with Gasteiger partial charge in [-0.1, -0.05) is 11.6 Å². The molecule has 0 radical (unpaired) electrons. The van der Waals surface area contributed by atoms with E-state index in [0.717, 1.165) is 54.4 Å². The number of carbonyl (C=O) groups is 1. The maximum absolute atomic E-state index is 11.4. The predicted octanol–water partition coefficient (Wildman–Crippen LogP) is 3.44. The number of rotatable bonds is 4. The van der Waals surface area contributed by atoms with Gasteiger partial charge in [-0.25, -0.2) is 9.78 Å². The number of aromatic amines is 1. The number of carbonyl (C=O) groups excluding carboxylic acids is 1. The van der Waals surface area contributed by atoms with Crippen molar-refractivity contribution < 1.29 is 9.53 Å². The lowest BCUT2D eigenvalue weighted by Crippen LogP contribution is -2.51. The van der Waals surface area contributed by atoms with Crippen LogP contribution in [0.15, 0.2) is 42.7 Å². The standard InChI is InChI=1S/C22H23ClN6O2/c1-14-12-28(6-7-29(14)20-5-3-18(23)11-24-20)13-17-10-26-27-21(17)15-2-4-19-16(8-15)9-25-22(30)31-19/h2-5,8,10-11,14H,6-7,9,12-13H2,1H3,(H,25,30)(H,26,27)/t14-/m0/s1. The number of nitrogens with one attached hydrogen (secondary N) is 2. The molecule has 2 aromatic heterocycles. The zero-order valence-corrected chi connectivity index (χ0v) is 17.9. The van der Waals surface area contributed by atoms with Crippen molar-refractivity contribution >= 4 is 23.5 Å². The highest BCUT2D eigenvalue weighted by Crippen LogP contribution is 2.30. The quantitative estimate of drug-likeness (QED) is 0.649. The number of hydrogen-bond acceptors (Lipinski definition) is 6. The zero-order chi connectivity index (χ0) is 21.4. The van der Waals surface area contributed by atoms with Gasteiger partial charge in [0.05, 0.1) is 16.9 Å². The first-order valence-electron chi connectivity index (χ1n) is 10.3. The third kappa shape index (κ3) is 4.08. The van der Waals surface area contributed by atoms with Gasteiger partial charge in [0.25, 0.3) is 0 Å². The summed E-state index contributed by atoms with van der Waals surface area (Å²) in [7, 11) is 0. The fraction of sp³-hybridized carbons (Fsp3) is 0.318. The highest BCUT2D eigenvalue weighted by Gasteiger charge is 2.26. The van der Waals surface area contributed by atoms with Crippen molar-refractivity contribution in [3.8, 4) is 17.0 Å². The van der Waals surface area contributed by atoms with Crippen molar-refractivity contribution in [3.63, 3.8) is 0 Å². The second-order valence-electron chi connectivity index (χ2n) is 7.95. The molecule has 1 fully saturated rings. The fourth-order valence-electron chi connectivity index (χ4n) is 4.25. The van der Waals surface area contributed by atoms with Crippen LogP contribution in [0.5, 0.6) is 5.75 Å². The summed E-state index contributed by atoms with van der Waals surface area (Å²) in [5, 5.41) is 10.8. The van der Waals surface area contributed by atoms with Crippen LogP contribution in [0.3, 0.4) is 0 Å². The number of ether oxygens (including phenoxy) is 1. The number of fused-ring (bicyclic) bond motifs is 1. The van der Waals surface area contributed by atoms with E-state index in [-0.39, 0.29) is 0 Å². The third-order valence-corrected chi connectivity index (χ3v) is 6.03. The Kier molecular flexibility index (Phi) is 5.25. The average Bonchev–Trinajstić information content (AvgIpc) is 3.22. The van der Waals surface area contributed by atoms with Crippen molar-refractivity contribution in [2.45, 2.75) is 26.1 Å². The van der Waals surface area contributed by atoms with Crippen molar-refractivity contribution in [2.24, 2.45) is 0 Å². The molecule has 0 saturated carbocycles. The minimum Gasteiger partial charge on any atom is -0.410 e. The van der Waals surface area contributed by atoms with Crippen LogP contribution in [-0.2, 0) is 13.1 Å². The number of nitrogens with zero attached hydrogens (tertiary/aromatic N) is 4. The molecule has 1 amide bonds. The van der Waals surface area contributed by atoms with Crippen LogP contribution in [0.4, 0.5) is 10.6 Å². The van der Waals surface area contributed by atoms with Gasteiger partial charge in [-0.15, -0.1) is 0 Å². The number of piperazine rings is 1. The third-order valence-electron chi connectivity index (χ3n) is 5.80. The van der Waals surface area contributed by atoms with Crippen molar-refractivity contribution in [2.75, 3.05) is 24.5 Å². The topological polar surface area (TPSA) is 86.4 Å². The van der Waals surface area contributed by atoms with Gasteiger partial charge >= 0.3 is 6.09 Å². The molecule has 4 heterocycles. The van der Waals surface area contributed by atoms with E-state index < -0.39 is 6.09 Å². The summed E-state index contributed by atoms with van der Waals surface area (Å²) in [6.45, 7) is 6.25. The molecule has 3 aromatic rings. The molecule has 1 saturated heterocycles. The Morgan fingerprint density at radius 1 is 1.23 bits per heavy atom. The van der Waals surface area contributed by atoms with Gasteiger partial charge in [-0.2, -0.15) is 5.10 Å². The fourth-order valence-corrected chi connectivity index (χ4v) is 4.36. The molecule has 2 N–H and O–H groups in total. The van der Waals surface area contributed by atoms with Crippen LogP contribution in [0.2, 0.25) is 5.02 Å². The Balaban J connectivity index is 1.29. The van der Waals surface area contributed by atoms with Gasteiger partial charge in [-0.3, -0.25) is 10.00 Å². The van der Waals surface area contributed by atoms with Gasteiger partial charge in [0.15, 0.2) is 0 Å². The maximum atomic E-state index is 11.4. The number of hydrogen-bond donors (Lipinski definition) is 2. The van der Waals surface area contributed by atoms with E-state index >= 15 is 0 Å². The second kappa shape index (κ2) is 8.20. The van der Waals surface area contributed by atoms with E-state index in [9.17, 15) is 4.79 Å². The molecule has 0 spiro atoms. The molecule has 0 bridgehead atoms. The monoisotopic (exact) mass is 438 g/mol. The van der Waals surface area contributed by atoms with E-state index in [1.54, 1.807) is 6.20 Å². The van der Waals surface area contributed by atoms with E-state index in [2.05, 4.69) is 37.2 Å². The molecular weight excluding hydrogens is 416 g/mol. The first-order chi connectivity index (χ1) is 15.1. The number of aromatic nitrogens is 3. The van der Waals surface area contributed by atoms with E-state index in [0.29, 0.717) is 23.4 Å². The van der Waals surface area contributed by atoms with Crippen LogP contribution in [0, 0.1) is 0 Å². The summed E-state index contributed by atoms with van der Waals surface area (Å²) in [6.07, 6.45) is 3.18. The van der Waals surface area contributed by atoms with Crippen molar-refractivity contribution in [1.82, 2.24) is 25.4 Å². The largest absolute Gasteiger partial charge is 0.412 e. The minimum absolute atomic E-state index is 0.335. The zero-order valence-electron chi connectivity index (χ0n) is 17.1. The van der Waals surface area contributed by atoms with Crippen LogP contribution in [-0.4, -0.2) is 51.9 Å². The summed E-state index contributed by atoms with van der Waals surface area (Å²) in [5.74, 6) is 1.57. The molecule has 8 nitrogen and oxygen atoms in total. The normalized spacial score (nSPS) is 19.0. The lowest BCUT2D eigenvalue weighted by atomic mass is 10.0. The molecule has 2 aliphatic rings. The number of H-pyrrole nitrogens is 1. The van der Waals surface area contributed by atoms with Crippen molar-refractivity contribution in [1.29, 1.82) is 0 Å². The lowest BCUT2D eigenvalue weighted by Gasteiger charge is -2.40. The molecule has 2 aliphatic heterocycles. The molecule has 0 aliphatic carbocycles. The second-order valence-corrected chi connectivity index (χ2v) is 8.38. The van der Waals surface area contributed by atoms with E-state index in [1.807, 2.05) is 36.5 Å². The van der Waals surface area contributed by atoms with Gasteiger partial charge in [0.1, 0.15) is 11.6 Å². The number of anilines is 1. The smallest absolute Gasteiger partial charge is 0.410 e. The molecule has 0 unspecified atom stereocenters. The molecular formula is C22H23ClN6O2. The van der Waals surface area contributed by atoms with Gasteiger partial charge in [-0.05, 0) is 37.3 Å². The highest BCUT2D eigenvalue weighted by molar-refractivity contribution is 6.30. The number of benzene rings is 1. The SMILES string of the molecule is C[C@H]1CN(Cc2cn[nH]c2-c2ccc3c(c2)CNC(=O)O3)CCN1c1ccc(Cl)cn1. The van der Waals surface area contributed by atoms with Crippen LogP contribution in [0.25, 0.3) is 11.3 Å². The molecule has 5 rings (SSSR count). The summed E-state index contributed by atoms with van der Waals surface area (Å²) in [4.78, 5) is 20.6. The molecule has 9 heteroatoms. The van der Waals surface area contributed by atoms with Gasteiger partial charge < -0.3 is 15.0 Å². The first-order valence-corrected chi connectivity index (χ1v) is 10.7. The molecule has 1 atom stereocenters. The number of amides is 1. The Bertz CT molecular complexity index is 1100. The van der Waals surface area contributed by atoms with Crippen LogP contribution in [0.1, 0.15) is 18.1 Å². The average molecular weight is 439 g/mol. The summed E-state index contributed by atoms with van der Waals surface area (Å²) in [5.41, 5.74) is 4.12. The summed E-state index contributed by atoms with van der Waals surface area (Å²) < 4.78 is 5.22. The molecule has 160 valence electrons. The maximum Gasteiger partial charge on any atom is 0.412 e. The minimum atomic E-state index is -0.412. The summed E-state index contributed by atoms with van der Waals surface area (Å²) in [6, 6.07) is 10.0. The van der Waals surface area contributed by atoms with E-state index in [1.165, 1.54) is 0 Å². The van der Waals surface area contributed by atoms with Gasteiger partial charge in [0, 0.05) is 61.7 Å². The van der Waals surface area contributed by atoms with Crippen LogP contribution >= 0.6 is 11.6 Å². The van der Waals surface area contributed by atoms with Gasteiger partial charge in [0.2, 0.25) is 0 Å². The van der Waals surface area contributed by atoms with E-state index in [4.69, 9.17) is 16.3 Å². The number of pyridine rings is 1. The molecule has 1 aromatic carbocycles. The lowest BCUT2D eigenvalue weighted by molar-refractivity contribution is 0.194. The predicted molar refractivity (Wildman–Crippen MR) is 118 cm³/mol. The highest BCUT2D eigenvalue weighted by atomic mass is 35.5. The Morgan fingerprint density at radius 3 is 2.94 bits per heavy atom. The Labute approximate surface area is 185 Å². The van der Waals surface area contributed by atoms with Crippen molar-refractivity contribution in [3.05, 3.63) is 58.9 Å². The molecule has 31 heavy (non-hydrogen) atoms. The number of halogens is 1. The first kappa shape index (κ1) is 19.8. The Hall–Kier alpha value is -3.10. The summed E-state index contributed by atoms with van der Waals surface area (Å²) >= 11 is 5.98. The Morgan fingerprint density at radius 2 is 2.13 bits per heavy atom.